The molecule has 4 aromatic rings. The molecule has 0 saturated heterocycles. The minimum atomic E-state index is -0.324. The number of rotatable bonds is 4. The van der Waals surface area contributed by atoms with Crippen LogP contribution in [-0.2, 0) is 0 Å². The topological polar surface area (TPSA) is 95.6 Å². The number of aromatic nitrogens is 3. The molecule has 0 unspecified atom stereocenters. The number of H-pyrrole nitrogens is 1. The quantitative estimate of drug-likeness (QED) is 0.449. The lowest BCUT2D eigenvalue weighted by atomic mass is 10.1. The molecule has 0 saturated carbocycles. The first-order chi connectivity index (χ1) is 13.9. The first kappa shape index (κ1) is 18.8. The van der Waals surface area contributed by atoms with Crippen molar-refractivity contribution in [1.29, 1.82) is 0 Å². The van der Waals surface area contributed by atoms with Crippen molar-refractivity contribution in [2.24, 2.45) is 10.2 Å². The van der Waals surface area contributed by atoms with Crippen molar-refractivity contribution >= 4 is 22.7 Å². The van der Waals surface area contributed by atoms with Crippen LogP contribution in [0.1, 0.15) is 16.8 Å². The van der Waals surface area contributed by atoms with Crippen molar-refractivity contribution in [3.63, 3.8) is 0 Å². The molecule has 0 radical (unpaired) electrons. The fraction of sp³-hybridized carbons (Fsp3) is 0.143. The van der Waals surface area contributed by atoms with Crippen LogP contribution in [0.5, 0.6) is 5.75 Å². The maximum absolute atomic E-state index is 12.9. The number of benzene rings is 2. The maximum Gasteiger partial charge on any atom is 0.301 e. The molecule has 0 aliphatic rings. The van der Waals surface area contributed by atoms with Gasteiger partial charge in [0.25, 0.3) is 0 Å². The summed E-state index contributed by atoms with van der Waals surface area (Å²) in [6, 6.07) is 12.9. The van der Waals surface area contributed by atoms with Crippen LogP contribution in [0.2, 0.25) is 0 Å². The molecule has 7 nitrogen and oxygen atoms in total. The van der Waals surface area contributed by atoms with Crippen LogP contribution in [0.4, 0.5) is 11.4 Å². The molecule has 0 aliphatic carbocycles. The second-order valence-electron chi connectivity index (χ2n) is 6.75. The zero-order chi connectivity index (χ0) is 20.5. The third-order valence-corrected chi connectivity index (χ3v) is 5.35. The number of hydrogen-bond donors (Lipinski definition) is 2. The number of nitrogens with one attached hydrogen (secondary N) is 1. The Labute approximate surface area is 171 Å². The van der Waals surface area contributed by atoms with Gasteiger partial charge in [0.1, 0.15) is 5.75 Å². The van der Waals surface area contributed by atoms with Gasteiger partial charge in [-0.05, 0) is 50.1 Å². The van der Waals surface area contributed by atoms with Gasteiger partial charge in [0, 0.05) is 10.9 Å². The number of aryl methyl sites for hydroxylation is 3. The van der Waals surface area contributed by atoms with Crippen molar-refractivity contribution in [1.82, 2.24) is 14.8 Å². The largest absolute Gasteiger partial charge is 0.507 e. The van der Waals surface area contributed by atoms with Crippen molar-refractivity contribution in [3.05, 3.63) is 75.0 Å². The number of thiazole rings is 1. The summed E-state index contributed by atoms with van der Waals surface area (Å²) in [5.74, 6) is 0.141. The number of aromatic hydroxyl groups is 1. The number of aromatic amines is 1. The number of azo groups is 1. The lowest BCUT2D eigenvalue weighted by Gasteiger charge is -1.99. The Balaban J connectivity index is 1.70. The molecule has 8 heteroatoms. The molecule has 2 aromatic heterocycles. The standard InChI is InChI=1S/C21H19N5O2S/c1-12-8-9-13(2)16(10-12)23-24-19-14(3)25-26(20(19)28)21-22-17(11-29-21)15-6-4-5-7-18(15)27/h4-11,25,27H,1-3H3. The van der Waals surface area contributed by atoms with Gasteiger partial charge < -0.3 is 5.11 Å². The van der Waals surface area contributed by atoms with Crippen LogP contribution in [0.25, 0.3) is 16.4 Å². The monoisotopic (exact) mass is 405 g/mol. The summed E-state index contributed by atoms with van der Waals surface area (Å²) in [5.41, 5.74) is 4.52. The summed E-state index contributed by atoms with van der Waals surface area (Å²) >= 11 is 1.30. The molecule has 146 valence electrons. The van der Waals surface area contributed by atoms with Crippen LogP contribution in [0, 0.1) is 20.8 Å². The highest BCUT2D eigenvalue weighted by Crippen LogP contribution is 2.30. The normalized spacial score (nSPS) is 11.4. The van der Waals surface area contributed by atoms with Crippen LogP contribution in [-0.4, -0.2) is 19.9 Å². The minimum absolute atomic E-state index is 0.141. The molecule has 0 atom stereocenters. The van der Waals surface area contributed by atoms with Crippen LogP contribution >= 0.6 is 11.3 Å². The highest BCUT2D eigenvalue weighted by atomic mass is 32.1. The molecule has 2 heterocycles. The van der Waals surface area contributed by atoms with Crippen molar-refractivity contribution < 1.29 is 5.11 Å². The summed E-state index contributed by atoms with van der Waals surface area (Å²) in [5, 5.41) is 23.8. The fourth-order valence-electron chi connectivity index (χ4n) is 2.90. The number of phenols is 1. The summed E-state index contributed by atoms with van der Waals surface area (Å²) in [7, 11) is 0. The molecule has 0 bridgehead atoms. The predicted octanol–water partition coefficient (Wildman–Crippen LogP) is 5.34. The van der Waals surface area contributed by atoms with Gasteiger partial charge in [-0.25, -0.2) is 4.98 Å². The van der Waals surface area contributed by atoms with Gasteiger partial charge in [-0.2, -0.15) is 9.80 Å². The molecule has 2 aromatic carbocycles. The second-order valence-corrected chi connectivity index (χ2v) is 7.58. The van der Waals surface area contributed by atoms with E-state index in [0.717, 1.165) is 16.8 Å². The summed E-state index contributed by atoms with van der Waals surface area (Å²) < 4.78 is 1.35. The SMILES string of the molecule is Cc1ccc(C)c(N=Nc2c(C)[nH]n(-c3nc(-c4ccccc4O)cs3)c2=O)c1. The van der Waals surface area contributed by atoms with Gasteiger partial charge in [-0.1, -0.05) is 24.3 Å². The second kappa shape index (κ2) is 7.48. The summed E-state index contributed by atoms with van der Waals surface area (Å²) in [6.07, 6.45) is 0. The van der Waals surface area contributed by atoms with E-state index in [4.69, 9.17) is 0 Å². The Morgan fingerprint density at radius 3 is 2.69 bits per heavy atom. The van der Waals surface area contributed by atoms with Crippen LogP contribution in [0.3, 0.4) is 0 Å². The van der Waals surface area contributed by atoms with Crippen LogP contribution in [0.15, 0.2) is 62.9 Å². The van der Waals surface area contributed by atoms with E-state index < -0.39 is 0 Å². The Hall–Kier alpha value is -3.52. The zero-order valence-corrected chi connectivity index (χ0v) is 17.0. The van der Waals surface area contributed by atoms with Crippen molar-refractivity contribution in [2.75, 3.05) is 0 Å². The molecular formula is C21H19N5O2S. The zero-order valence-electron chi connectivity index (χ0n) is 16.2. The van der Waals surface area contributed by atoms with Gasteiger partial charge in [0.05, 0.1) is 17.1 Å². The van der Waals surface area contributed by atoms with E-state index in [1.807, 2.05) is 38.1 Å². The van der Waals surface area contributed by atoms with Gasteiger partial charge >= 0.3 is 5.56 Å². The van der Waals surface area contributed by atoms with Gasteiger partial charge in [0.2, 0.25) is 5.13 Å². The Kier molecular flexibility index (Phi) is 4.85. The molecular weight excluding hydrogens is 386 g/mol. The number of hydrogen-bond acceptors (Lipinski definition) is 6. The number of phenolic OH excluding ortho intramolecular Hbond substituents is 1. The number of para-hydroxylation sites is 1. The van der Waals surface area contributed by atoms with Crippen molar-refractivity contribution in [2.45, 2.75) is 20.8 Å². The highest BCUT2D eigenvalue weighted by molar-refractivity contribution is 7.12. The first-order valence-electron chi connectivity index (χ1n) is 8.99. The summed E-state index contributed by atoms with van der Waals surface area (Å²) in [4.78, 5) is 17.4. The van der Waals surface area contributed by atoms with E-state index in [-0.39, 0.29) is 17.0 Å². The lowest BCUT2D eigenvalue weighted by molar-refractivity contribution is 0.477. The Morgan fingerprint density at radius 1 is 1.10 bits per heavy atom. The van der Waals surface area contributed by atoms with E-state index in [9.17, 15) is 9.90 Å². The molecule has 0 aliphatic heterocycles. The van der Waals surface area contributed by atoms with E-state index >= 15 is 0 Å². The van der Waals surface area contributed by atoms with E-state index in [2.05, 4.69) is 20.3 Å². The Bertz CT molecular complexity index is 1280. The highest BCUT2D eigenvalue weighted by Gasteiger charge is 2.16. The van der Waals surface area contributed by atoms with E-state index in [1.165, 1.54) is 16.0 Å². The minimum Gasteiger partial charge on any atom is -0.507 e. The molecule has 0 spiro atoms. The fourth-order valence-corrected chi connectivity index (χ4v) is 3.68. The van der Waals surface area contributed by atoms with Gasteiger partial charge in [-0.3, -0.25) is 9.89 Å². The average Bonchev–Trinajstić information content (AvgIpc) is 3.28. The van der Waals surface area contributed by atoms with Crippen molar-refractivity contribution in [3.8, 4) is 22.1 Å². The third kappa shape index (κ3) is 3.62. The summed E-state index contributed by atoms with van der Waals surface area (Å²) in [6.45, 7) is 5.70. The molecule has 0 amide bonds. The molecule has 0 fully saturated rings. The molecule has 4 rings (SSSR count). The third-order valence-electron chi connectivity index (χ3n) is 4.53. The van der Waals surface area contributed by atoms with Gasteiger partial charge in [0.15, 0.2) is 5.69 Å². The Morgan fingerprint density at radius 2 is 1.90 bits per heavy atom. The first-order valence-corrected chi connectivity index (χ1v) is 9.87. The molecule has 2 N–H and O–H groups in total. The molecule has 29 heavy (non-hydrogen) atoms. The lowest BCUT2D eigenvalue weighted by Crippen LogP contribution is -2.13. The van der Waals surface area contributed by atoms with E-state index in [0.29, 0.717) is 22.1 Å². The average molecular weight is 405 g/mol. The maximum atomic E-state index is 12.9. The van der Waals surface area contributed by atoms with Crippen LogP contribution < -0.4 is 5.56 Å². The number of nitrogens with zero attached hydrogens (tertiary/aromatic N) is 4. The van der Waals surface area contributed by atoms with Gasteiger partial charge in [-0.15, -0.1) is 16.5 Å². The smallest absolute Gasteiger partial charge is 0.301 e. The predicted molar refractivity (Wildman–Crippen MR) is 114 cm³/mol. The van der Waals surface area contributed by atoms with E-state index in [1.54, 1.807) is 30.5 Å².